The molecule has 0 aliphatic carbocycles. The molecule has 0 bridgehead atoms. The molecule has 116 valence electrons. The average molecular weight is 289 g/mol. The fourth-order valence-corrected chi connectivity index (χ4v) is 1.52. The van der Waals surface area contributed by atoms with Crippen molar-refractivity contribution >= 4 is 17.8 Å². The first-order chi connectivity index (χ1) is 9.47. The molecule has 0 aliphatic rings. The molecule has 0 aromatic heterocycles. The zero-order valence-corrected chi connectivity index (χ0v) is 11.9. The van der Waals surface area contributed by atoms with Crippen molar-refractivity contribution in [3.8, 4) is 0 Å². The number of hydrogen-bond donors (Lipinski definition) is 4. The third kappa shape index (κ3) is 10.1. The molecule has 0 saturated heterocycles. The minimum Gasteiger partial charge on any atom is -0.480 e. The molecule has 0 aromatic carbocycles. The van der Waals surface area contributed by atoms with Gasteiger partial charge in [0.05, 0.1) is 0 Å². The van der Waals surface area contributed by atoms with E-state index < -0.39 is 12.0 Å². The molecular formula is C12H23N3O5. The van der Waals surface area contributed by atoms with Crippen molar-refractivity contribution in [1.82, 2.24) is 10.6 Å². The Hall–Kier alpha value is -1.83. The van der Waals surface area contributed by atoms with E-state index in [0.29, 0.717) is 31.8 Å². The molecule has 0 fully saturated rings. The molecular weight excluding hydrogens is 266 g/mol. The van der Waals surface area contributed by atoms with E-state index >= 15 is 0 Å². The summed E-state index contributed by atoms with van der Waals surface area (Å²) in [4.78, 5) is 21.6. The lowest BCUT2D eigenvalue weighted by molar-refractivity contribution is -0.141. The van der Waals surface area contributed by atoms with E-state index in [2.05, 4.69) is 15.8 Å². The van der Waals surface area contributed by atoms with E-state index in [0.717, 1.165) is 6.42 Å². The van der Waals surface area contributed by atoms with Crippen LogP contribution in [0.1, 0.15) is 33.1 Å². The van der Waals surface area contributed by atoms with Crippen LogP contribution >= 0.6 is 0 Å². The molecule has 20 heavy (non-hydrogen) atoms. The number of nitrogens with zero attached hydrogens (tertiary/aromatic N) is 1. The number of oxime groups is 1. The fourth-order valence-electron chi connectivity index (χ4n) is 1.52. The Morgan fingerprint density at radius 2 is 1.95 bits per heavy atom. The van der Waals surface area contributed by atoms with Crippen LogP contribution in [0.5, 0.6) is 0 Å². The Kier molecular flexibility index (Phi) is 10.0. The summed E-state index contributed by atoms with van der Waals surface area (Å²) in [5.74, 6) is -0.876. The predicted octanol–water partition coefficient (Wildman–Crippen LogP) is 0.160. The molecule has 0 saturated carbocycles. The van der Waals surface area contributed by atoms with Gasteiger partial charge in [-0.25, -0.2) is 0 Å². The molecule has 8 nitrogen and oxygen atoms in total. The SMILES string of the molecule is CC(=O)OCCN[C@@H](CCCCNC(C)=NO)C(=O)O. The third-order valence-electron chi connectivity index (χ3n) is 2.55. The third-order valence-corrected chi connectivity index (χ3v) is 2.55. The highest BCUT2D eigenvalue weighted by Gasteiger charge is 2.15. The van der Waals surface area contributed by atoms with E-state index in [1.54, 1.807) is 6.92 Å². The highest BCUT2D eigenvalue weighted by atomic mass is 16.5. The van der Waals surface area contributed by atoms with Crippen molar-refractivity contribution in [3.05, 3.63) is 0 Å². The molecule has 0 unspecified atom stereocenters. The predicted molar refractivity (Wildman–Crippen MR) is 72.8 cm³/mol. The molecule has 4 N–H and O–H groups in total. The van der Waals surface area contributed by atoms with Crippen molar-refractivity contribution < 1.29 is 24.6 Å². The van der Waals surface area contributed by atoms with Gasteiger partial charge in [0.2, 0.25) is 0 Å². The van der Waals surface area contributed by atoms with Gasteiger partial charge in [0.1, 0.15) is 18.5 Å². The molecule has 0 rings (SSSR count). The lowest BCUT2D eigenvalue weighted by atomic mass is 10.1. The van der Waals surface area contributed by atoms with Gasteiger partial charge in [0.15, 0.2) is 0 Å². The number of unbranched alkanes of at least 4 members (excludes halogenated alkanes) is 1. The number of carbonyl (C=O) groups excluding carboxylic acids is 1. The van der Waals surface area contributed by atoms with Crippen LogP contribution in [-0.2, 0) is 14.3 Å². The molecule has 0 spiro atoms. The van der Waals surface area contributed by atoms with Crippen molar-refractivity contribution in [2.24, 2.45) is 5.16 Å². The number of carboxylic acids is 1. The largest absolute Gasteiger partial charge is 0.480 e. The Bertz CT molecular complexity index is 333. The van der Waals surface area contributed by atoms with Crippen molar-refractivity contribution in [2.45, 2.75) is 39.2 Å². The van der Waals surface area contributed by atoms with Crippen LogP contribution in [0, 0.1) is 0 Å². The van der Waals surface area contributed by atoms with Gasteiger partial charge >= 0.3 is 11.9 Å². The highest BCUT2D eigenvalue weighted by molar-refractivity contribution is 5.78. The summed E-state index contributed by atoms with van der Waals surface area (Å²) in [7, 11) is 0. The number of aliphatic carboxylic acids is 1. The number of carbonyl (C=O) groups is 2. The molecule has 1 atom stereocenters. The summed E-state index contributed by atoms with van der Waals surface area (Å²) < 4.78 is 4.71. The summed E-state index contributed by atoms with van der Waals surface area (Å²) >= 11 is 0. The first kappa shape index (κ1) is 18.2. The summed E-state index contributed by atoms with van der Waals surface area (Å²) in [5, 5.41) is 26.1. The van der Waals surface area contributed by atoms with E-state index in [4.69, 9.17) is 15.1 Å². The highest BCUT2D eigenvalue weighted by Crippen LogP contribution is 2.01. The average Bonchev–Trinajstić information content (AvgIpc) is 2.39. The van der Waals surface area contributed by atoms with Crippen molar-refractivity contribution in [3.63, 3.8) is 0 Å². The molecule has 0 aromatic rings. The van der Waals surface area contributed by atoms with Crippen LogP contribution in [0.25, 0.3) is 0 Å². The van der Waals surface area contributed by atoms with Gasteiger partial charge in [-0.1, -0.05) is 5.16 Å². The second-order valence-electron chi connectivity index (χ2n) is 4.29. The normalized spacial score (nSPS) is 12.8. The standard InChI is InChI=1S/C12H23N3O5/c1-9(15-19)13-6-4-3-5-11(12(17)18)14-7-8-20-10(2)16/h11,14,19H,3-8H2,1-2H3,(H,13,15)(H,17,18)/t11-/m0/s1. The van der Waals surface area contributed by atoms with Gasteiger partial charge in [0.25, 0.3) is 0 Å². The van der Waals surface area contributed by atoms with E-state index in [1.807, 2.05) is 0 Å². The van der Waals surface area contributed by atoms with Crippen molar-refractivity contribution in [1.29, 1.82) is 0 Å². The van der Waals surface area contributed by atoms with Crippen LogP contribution < -0.4 is 10.6 Å². The maximum Gasteiger partial charge on any atom is 0.320 e. The smallest absolute Gasteiger partial charge is 0.320 e. The first-order valence-corrected chi connectivity index (χ1v) is 6.49. The Balaban J connectivity index is 3.75. The topological polar surface area (TPSA) is 120 Å². The van der Waals surface area contributed by atoms with Gasteiger partial charge < -0.3 is 25.7 Å². The second kappa shape index (κ2) is 11.0. The van der Waals surface area contributed by atoms with Crippen molar-refractivity contribution in [2.75, 3.05) is 19.7 Å². The number of esters is 1. The van der Waals surface area contributed by atoms with Crippen LogP contribution in [0.3, 0.4) is 0 Å². The quantitative estimate of drug-likeness (QED) is 0.113. The van der Waals surface area contributed by atoms with E-state index in [1.165, 1.54) is 6.92 Å². The van der Waals surface area contributed by atoms with Gasteiger partial charge in [-0.05, 0) is 26.2 Å². The second-order valence-corrected chi connectivity index (χ2v) is 4.29. The number of carboxylic acid groups (broad SMARTS) is 1. The van der Waals surface area contributed by atoms with Gasteiger partial charge in [-0.15, -0.1) is 0 Å². The van der Waals surface area contributed by atoms with Crippen LogP contribution in [0.4, 0.5) is 0 Å². The lowest BCUT2D eigenvalue weighted by Gasteiger charge is -2.14. The fraction of sp³-hybridized carbons (Fsp3) is 0.750. The maximum absolute atomic E-state index is 11.0. The molecule has 0 aliphatic heterocycles. The number of nitrogens with one attached hydrogen (secondary N) is 2. The Labute approximate surface area is 118 Å². The van der Waals surface area contributed by atoms with E-state index in [-0.39, 0.29) is 12.6 Å². The molecule has 0 heterocycles. The number of amidine groups is 1. The Morgan fingerprint density at radius 1 is 1.25 bits per heavy atom. The maximum atomic E-state index is 11.0. The molecule has 8 heteroatoms. The van der Waals surface area contributed by atoms with Gasteiger partial charge in [0, 0.05) is 20.0 Å². The zero-order chi connectivity index (χ0) is 15.4. The number of ether oxygens (including phenoxy) is 1. The van der Waals surface area contributed by atoms with E-state index in [9.17, 15) is 9.59 Å². The van der Waals surface area contributed by atoms with Crippen LogP contribution in [0.15, 0.2) is 5.16 Å². The Morgan fingerprint density at radius 3 is 2.50 bits per heavy atom. The summed E-state index contributed by atoms with van der Waals surface area (Å²) in [5.41, 5.74) is 0. The minimum atomic E-state index is -0.922. The molecule has 0 radical (unpaired) electrons. The monoisotopic (exact) mass is 289 g/mol. The number of rotatable bonds is 10. The lowest BCUT2D eigenvalue weighted by Crippen LogP contribution is -2.38. The van der Waals surface area contributed by atoms with Gasteiger partial charge in [-0.3, -0.25) is 9.59 Å². The summed E-state index contributed by atoms with van der Waals surface area (Å²) in [6, 6.07) is -0.654. The van der Waals surface area contributed by atoms with Crippen LogP contribution in [-0.4, -0.2) is 53.8 Å². The van der Waals surface area contributed by atoms with Gasteiger partial charge in [-0.2, -0.15) is 0 Å². The molecule has 0 amide bonds. The summed E-state index contributed by atoms with van der Waals surface area (Å²) in [6.07, 6.45) is 1.96. The first-order valence-electron chi connectivity index (χ1n) is 6.49. The number of hydrogen-bond acceptors (Lipinski definition) is 6. The van der Waals surface area contributed by atoms with Crippen LogP contribution in [0.2, 0.25) is 0 Å². The minimum absolute atomic E-state index is 0.160. The zero-order valence-electron chi connectivity index (χ0n) is 11.9. The summed E-state index contributed by atoms with van der Waals surface area (Å²) in [6.45, 7) is 4.03.